The molecule has 0 radical (unpaired) electrons. The number of amides is 4. The van der Waals surface area contributed by atoms with Gasteiger partial charge in [-0.1, -0.05) is 18.2 Å². The zero-order chi connectivity index (χ0) is 26.7. The third kappa shape index (κ3) is 5.72. The van der Waals surface area contributed by atoms with Gasteiger partial charge < -0.3 is 9.47 Å². The first-order chi connectivity index (χ1) is 17.7. The third-order valence-electron chi connectivity index (χ3n) is 5.77. The summed E-state index contributed by atoms with van der Waals surface area (Å²) in [5, 5.41) is 2.23. The van der Waals surface area contributed by atoms with E-state index in [1.165, 1.54) is 18.2 Å². The average Bonchev–Trinajstić information content (AvgIpc) is 2.83. The van der Waals surface area contributed by atoms with Gasteiger partial charge in [-0.05, 0) is 101 Å². The van der Waals surface area contributed by atoms with Gasteiger partial charge in [0.15, 0.2) is 11.5 Å². The molecule has 3 aromatic rings. The van der Waals surface area contributed by atoms with Crippen molar-refractivity contribution < 1.29 is 28.2 Å². The van der Waals surface area contributed by atoms with E-state index in [9.17, 15) is 18.8 Å². The van der Waals surface area contributed by atoms with Crippen molar-refractivity contribution in [2.45, 2.75) is 27.4 Å². The maximum Gasteiger partial charge on any atom is 0.335 e. The van der Waals surface area contributed by atoms with E-state index in [4.69, 9.17) is 9.47 Å². The smallest absolute Gasteiger partial charge is 0.335 e. The Kier molecular flexibility index (Phi) is 7.73. The lowest BCUT2D eigenvalue weighted by molar-refractivity contribution is -0.122. The Bertz CT molecular complexity index is 1440. The van der Waals surface area contributed by atoms with Crippen molar-refractivity contribution in [3.63, 3.8) is 0 Å². The van der Waals surface area contributed by atoms with Crippen molar-refractivity contribution in [2.24, 2.45) is 0 Å². The number of carbonyl (C=O) groups is 3. The molecule has 190 valence electrons. The number of anilines is 1. The van der Waals surface area contributed by atoms with Crippen LogP contribution in [0.1, 0.15) is 29.2 Å². The van der Waals surface area contributed by atoms with Gasteiger partial charge in [0.1, 0.15) is 18.0 Å². The first kappa shape index (κ1) is 26.1. The first-order valence-corrected chi connectivity index (χ1v) is 12.3. The van der Waals surface area contributed by atoms with Gasteiger partial charge in [-0.3, -0.25) is 14.9 Å². The summed E-state index contributed by atoms with van der Waals surface area (Å²) >= 11 is 3.47. The lowest BCUT2D eigenvalue weighted by atomic mass is 10.0. The van der Waals surface area contributed by atoms with Gasteiger partial charge in [-0.25, -0.2) is 14.1 Å². The van der Waals surface area contributed by atoms with Crippen LogP contribution < -0.4 is 19.7 Å². The molecular formula is C28H24BrFN2O5. The number of imide groups is 2. The second-order valence-electron chi connectivity index (χ2n) is 8.41. The van der Waals surface area contributed by atoms with Gasteiger partial charge in [0.25, 0.3) is 11.8 Å². The topological polar surface area (TPSA) is 84.9 Å². The van der Waals surface area contributed by atoms with E-state index in [1.807, 2.05) is 13.8 Å². The number of barbiturate groups is 1. The summed E-state index contributed by atoms with van der Waals surface area (Å²) < 4.78 is 25.7. The zero-order valence-electron chi connectivity index (χ0n) is 20.4. The molecule has 1 fully saturated rings. The van der Waals surface area contributed by atoms with Gasteiger partial charge in [0.05, 0.1) is 16.8 Å². The molecule has 0 aromatic heterocycles. The highest BCUT2D eigenvalue weighted by Gasteiger charge is 2.37. The predicted molar refractivity (Wildman–Crippen MR) is 141 cm³/mol. The first-order valence-electron chi connectivity index (χ1n) is 11.5. The number of halogens is 2. The molecule has 1 heterocycles. The molecule has 9 heteroatoms. The van der Waals surface area contributed by atoms with Crippen LogP contribution in [-0.4, -0.2) is 24.5 Å². The van der Waals surface area contributed by atoms with E-state index in [0.29, 0.717) is 39.4 Å². The quantitative estimate of drug-likeness (QED) is 0.286. The number of aryl methyl sites for hydroxylation is 2. The largest absolute Gasteiger partial charge is 0.490 e. The number of nitrogens with one attached hydrogen (secondary N) is 1. The minimum Gasteiger partial charge on any atom is -0.490 e. The SMILES string of the molecule is CCOc1cc(/C=C2\C(=O)NC(=O)N(c3ccc(C)c(C)c3)C2=O)cc(Br)c1OCc1cccc(F)c1. The molecule has 3 aromatic carbocycles. The Balaban J connectivity index is 1.67. The summed E-state index contributed by atoms with van der Waals surface area (Å²) in [5.41, 5.74) is 3.18. The van der Waals surface area contributed by atoms with Gasteiger partial charge in [0, 0.05) is 0 Å². The van der Waals surface area contributed by atoms with Crippen LogP contribution in [0.4, 0.5) is 14.9 Å². The van der Waals surface area contributed by atoms with Crippen LogP contribution in [0.3, 0.4) is 0 Å². The second-order valence-corrected chi connectivity index (χ2v) is 9.26. The van der Waals surface area contributed by atoms with E-state index >= 15 is 0 Å². The van der Waals surface area contributed by atoms with Crippen molar-refractivity contribution in [1.82, 2.24) is 5.32 Å². The van der Waals surface area contributed by atoms with E-state index < -0.39 is 17.8 Å². The molecule has 0 saturated carbocycles. The lowest BCUT2D eigenvalue weighted by Gasteiger charge is -2.27. The molecule has 1 aliphatic rings. The van der Waals surface area contributed by atoms with Crippen LogP contribution in [0.15, 0.2) is 64.6 Å². The van der Waals surface area contributed by atoms with Crippen LogP contribution >= 0.6 is 15.9 Å². The highest BCUT2D eigenvalue weighted by Crippen LogP contribution is 2.38. The molecule has 37 heavy (non-hydrogen) atoms. The van der Waals surface area contributed by atoms with E-state index in [2.05, 4.69) is 21.2 Å². The molecule has 4 rings (SSSR count). The Hall–Kier alpha value is -3.98. The summed E-state index contributed by atoms with van der Waals surface area (Å²) in [6.07, 6.45) is 1.39. The van der Waals surface area contributed by atoms with Crippen molar-refractivity contribution in [3.8, 4) is 11.5 Å². The van der Waals surface area contributed by atoms with Crippen molar-refractivity contribution in [1.29, 1.82) is 0 Å². The monoisotopic (exact) mass is 566 g/mol. The van der Waals surface area contributed by atoms with E-state index in [0.717, 1.165) is 16.0 Å². The zero-order valence-corrected chi connectivity index (χ0v) is 22.0. The maximum atomic E-state index is 13.5. The number of urea groups is 1. The fraction of sp³-hybridized carbons (Fsp3) is 0.179. The van der Waals surface area contributed by atoms with E-state index in [-0.39, 0.29) is 18.0 Å². The van der Waals surface area contributed by atoms with Gasteiger partial charge in [-0.2, -0.15) is 0 Å². The summed E-state index contributed by atoms with van der Waals surface area (Å²) in [4.78, 5) is 39.4. The van der Waals surface area contributed by atoms with Crippen LogP contribution in [0, 0.1) is 19.7 Å². The number of nitrogens with zero attached hydrogens (tertiary/aromatic N) is 1. The van der Waals surface area contributed by atoms with Gasteiger partial charge in [0.2, 0.25) is 0 Å². The fourth-order valence-corrected chi connectivity index (χ4v) is 4.35. The Morgan fingerprint density at radius 1 is 1.00 bits per heavy atom. The maximum absolute atomic E-state index is 13.5. The average molecular weight is 567 g/mol. The summed E-state index contributed by atoms with van der Waals surface area (Å²) in [6, 6.07) is 13.7. The molecule has 7 nitrogen and oxygen atoms in total. The summed E-state index contributed by atoms with van der Waals surface area (Å²) in [5.74, 6) is -1.14. The number of hydrogen-bond acceptors (Lipinski definition) is 5. The lowest BCUT2D eigenvalue weighted by Crippen LogP contribution is -2.54. The number of hydrogen-bond donors (Lipinski definition) is 1. The minimum atomic E-state index is -0.812. The molecule has 0 aliphatic carbocycles. The molecular weight excluding hydrogens is 543 g/mol. The summed E-state index contributed by atoms with van der Waals surface area (Å²) in [6.45, 7) is 6.03. The molecule has 1 N–H and O–H groups in total. The summed E-state index contributed by atoms with van der Waals surface area (Å²) in [7, 11) is 0. The van der Waals surface area contributed by atoms with Crippen LogP contribution in [0.2, 0.25) is 0 Å². The predicted octanol–water partition coefficient (Wildman–Crippen LogP) is 5.85. The third-order valence-corrected chi connectivity index (χ3v) is 6.35. The molecule has 0 unspecified atom stereocenters. The van der Waals surface area contributed by atoms with Crippen molar-refractivity contribution in [3.05, 3.63) is 92.7 Å². The Morgan fingerprint density at radius 2 is 1.78 bits per heavy atom. The number of rotatable bonds is 7. The fourth-order valence-electron chi connectivity index (χ4n) is 3.78. The molecule has 1 aliphatic heterocycles. The van der Waals surface area contributed by atoms with Gasteiger partial charge in [-0.15, -0.1) is 0 Å². The van der Waals surface area contributed by atoms with Crippen molar-refractivity contribution in [2.75, 3.05) is 11.5 Å². The number of benzene rings is 3. The van der Waals surface area contributed by atoms with Gasteiger partial charge >= 0.3 is 6.03 Å². The van der Waals surface area contributed by atoms with Crippen LogP contribution in [0.5, 0.6) is 11.5 Å². The van der Waals surface area contributed by atoms with Crippen molar-refractivity contribution >= 4 is 45.5 Å². The highest BCUT2D eigenvalue weighted by molar-refractivity contribution is 9.10. The Labute approximate surface area is 222 Å². The van der Waals surface area contributed by atoms with Crippen LogP contribution in [0.25, 0.3) is 6.08 Å². The highest BCUT2D eigenvalue weighted by atomic mass is 79.9. The number of ether oxygens (including phenoxy) is 2. The second kappa shape index (κ2) is 11.0. The number of carbonyl (C=O) groups excluding carboxylic acids is 3. The molecule has 1 saturated heterocycles. The van der Waals surface area contributed by atoms with Crippen LogP contribution in [-0.2, 0) is 16.2 Å². The molecule has 4 amide bonds. The Morgan fingerprint density at radius 3 is 2.49 bits per heavy atom. The molecule has 0 bridgehead atoms. The standard InChI is InChI=1S/C28H24BrFN2O5/c1-4-36-24-14-19(13-23(29)25(24)37-15-18-6-5-7-20(30)11-18)12-22-26(33)31-28(35)32(27(22)34)21-9-8-16(2)17(3)10-21/h5-14H,4,15H2,1-3H3,(H,31,33,35)/b22-12+. The normalized spacial score (nSPS) is 14.7. The molecule has 0 atom stereocenters. The minimum absolute atomic E-state index is 0.102. The molecule has 0 spiro atoms. The van der Waals surface area contributed by atoms with E-state index in [1.54, 1.807) is 49.4 Å².